The van der Waals surface area contributed by atoms with E-state index in [4.69, 9.17) is 0 Å². The van der Waals surface area contributed by atoms with Crippen molar-refractivity contribution in [1.82, 2.24) is 10.2 Å². The van der Waals surface area contributed by atoms with Gasteiger partial charge in [-0.2, -0.15) is 0 Å². The molecule has 2 aliphatic rings. The topological polar surface area (TPSA) is 15.3 Å². The van der Waals surface area contributed by atoms with Gasteiger partial charge in [0.1, 0.15) is 0 Å². The van der Waals surface area contributed by atoms with Crippen molar-refractivity contribution in [2.75, 3.05) is 20.6 Å². The van der Waals surface area contributed by atoms with Crippen LogP contribution in [0, 0.1) is 11.8 Å². The highest BCUT2D eigenvalue weighted by Gasteiger charge is 2.32. The smallest absolute Gasteiger partial charge is 0.0186 e. The molecule has 0 aliphatic heterocycles. The molecule has 0 bridgehead atoms. The zero-order valence-electron chi connectivity index (χ0n) is 13.3. The second kappa shape index (κ2) is 7.64. The normalized spacial score (nSPS) is 31.6. The van der Waals surface area contributed by atoms with Crippen molar-refractivity contribution < 1.29 is 0 Å². The molecule has 2 fully saturated rings. The molecule has 0 aromatic rings. The van der Waals surface area contributed by atoms with Crippen LogP contribution in [-0.4, -0.2) is 37.6 Å². The molecule has 2 heteroatoms. The second-order valence-electron chi connectivity index (χ2n) is 7.17. The summed E-state index contributed by atoms with van der Waals surface area (Å²) < 4.78 is 0. The van der Waals surface area contributed by atoms with Gasteiger partial charge in [-0.3, -0.25) is 0 Å². The third-order valence-electron chi connectivity index (χ3n) is 5.63. The highest BCUT2D eigenvalue weighted by atomic mass is 15.1. The van der Waals surface area contributed by atoms with Gasteiger partial charge >= 0.3 is 0 Å². The maximum absolute atomic E-state index is 3.91. The molecule has 3 atom stereocenters. The Kier molecular flexibility index (Phi) is 6.15. The fraction of sp³-hybridized carbons (Fsp3) is 1.00. The Balaban J connectivity index is 1.84. The Morgan fingerprint density at radius 1 is 0.947 bits per heavy atom. The molecule has 19 heavy (non-hydrogen) atoms. The molecule has 2 nitrogen and oxygen atoms in total. The van der Waals surface area contributed by atoms with Crippen LogP contribution in [0.3, 0.4) is 0 Å². The maximum Gasteiger partial charge on any atom is 0.0186 e. The molecule has 2 saturated carbocycles. The SMILES string of the molecule is CC(CNC1CCCCC1C1CCCCC1)N(C)C. The van der Waals surface area contributed by atoms with E-state index in [0.717, 1.165) is 24.4 Å². The lowest BCUT2D eigenvalue weighted by Crippen LogP contribution is -2.46. The molecule has 0 aromatic heterocycles. The van der Waals surface area contributed by atoms with Gasteiger partial charge in [0.2, 0.25) is 0 Å². The zero-order valence-corrected chi connectivity index (χ0v) is 13.3. The summed E-state index contributed by atoms with van der Waals surface area (Å²) in [5.41, 5.74) is 0. The van der Waals surface area contributed by atoms with Crippen LogP contribution in [0.5, 0.6) is 0 Å². The summed E-state index contributed by atoms with van der Waals surface area (Å²) in [6.45, 7) is 3.48. The van der Waals surface area contributed by atoms with E-state index in [2.05, 4.69) is 31.2 Å². The van der Waals surface area contributed by atoms with Gasteiger partial charge < -0.3 is 10.2 Å². The third-order valence-corrected chi connectivity index (χ3v) is 5.63. The van der Waals surface area contributed by atoms with Gasteiger partial charge in [-0.15, -0.1) is 0 Å². The van der Waals surface area contributed by atoms with Crippen LogP contribution in [0.1, 0.15) is 64.7 Å². The first-order valence-corrected chi connectivity index (χ1v) is 8.58. The molecule has 112 valence electrons. The van der Waals surface area contributed by atoms with Crippen molar-refractivity contribution in [1.29, 1.82) is 0 Å². The van der Waals surface area contributed by atoms with Crippen LogP contribution in [0.4, 0.5) is 0 Å². The number of hydrogen-bond donors (Lipinski definition) is 1. The van der Waals surface area contributed by atoms with Gasteiger partial charge in [0.05, 0.1) is 0 Å². The van der Waals surface area contributed by atoms with Crippen molar-refractivity contribution in [2.24, 2.45) is 11.8 Å². The first-order valence-electron chi connectivity index (χ1n) is 8.58. The van der Waals surface area contributed by atoms with Crippen LogP contribution >= 0.6 is 0 Å². The van der Waals surface area contributed by atoms with Crippen molar-refractivity contribution >= 4 is 0 Å². The fourth-order valence-corrected chi connectivity index (χ4v) is 4.04. The average Bonchev–Trinajstić information content (AvgIpc) is 2.46. The second-order valence-corrected chi connectivity index (χ2v) is 7.17. The van der Waals surface area contributed by atoms with E-state index in [9.17, 15) is 0 Å². The zero-order chi connectivity index (χ0) is 13.7. The van der Waals surface area contributed by atoms with Crippen molar-refractivity contribution in [3.8, 4) is 0 Å². The van der Waals surface area contributed by atoms with Crippen LogP contribution in [0.25, 0.3) is 0 Å². The van der Waals surface area contributed by atoms with Crippen molar-refractivity contribution in [2.45, 2.75) is 76.8 Å². The minimum absolute atomic E-state index is 0.647. The lowest BCUT2D eigenvalue weighted by atomic mass is 9.71. The van der Waals surface area contributed by atoms with Crippen molar-refractivity contribution in [3.05, 3.63) is 0 Å². The summed E-state index contributed by atoms with van der Waals surface area (Å²) in [5.74, 6) is 2.00. The van der Waals surface area contributed by atoms with Crippen molar-refractivity contribution in [3.63, 3.8) is 0 Å². The Morgan fingerprint density at radius 2 is 1.58 bits per heavy atom. The summed E-state index contributed by atoms with van der Waals surface area (Å²) in [5, 5.41) is 3.91. The van der Waals surface area contributed by atoms with E-state index in [1.165, 1.54) is 57.8 Å². The van der Waals surface area contributed by atoms with Crippen LogP contribution in [0.2, 0.25) is 0 Å². The van der Waals surface area contributed by atoms with Gasteiger partial charge in [-0.05, 0) is 45.7 Å². The molecule has 2 aliphatic carbocycles. The predicted molar refractivity (Wildman–Crippen MR) is 83.5 cm³/mol. The summed E-state index contributed by atoms with van der Waals surface area (Å²) in [4.78, 5) is 2.32. The summed E-state index contributed by atoms with van der Waals surface area (Å²) in [6.07, 6.45) is 13.3. The summed E-state index contributed by atoms with van der Waals surface area (Å²) in [7, 11) is 4.37. The van der Waals surface area contributed by atoms with E-state index >= 15 is 0 Å². The van der Waals surface area contributed by atoms with Gasteiger partial charge in [0.15, 0.2) is 0 Å². The molecule has 0 heterocycles. The van der Waals surface area contributed by atoms with E-state index < -0.39 is 0 Å². The standard InChI is InChI=1S/C17H34N2/c1-14(19(2)3)13-18-17-12-8-7-11-16(17)15-9-5-4-6-10-15/h14-18H,4-13H2,1-3H3. The first-order chi connectivity index (χ1) is 9.18. The highest BCUT2D eigenvalue weighted by molar-refractivity contribution is 4.87. The summed E-state index contributed by atoms with van der Waals surface area (Å²) in [6, 6.07) is 1.45. The monoisotopic (exact) mass is 266 g/mol. The number of rotatable bonds is 5. The highest BCUT2D eigenvalue weighted by Crippen LogP contribution is 2.38. The molecule has 0 spiro atoms. The lowest BCUT2D eigenvalue weighted by Gasteiger charge is -2.40. The predicted octanol–water partition coefficient (Wildman–Crippen LogP) is 3.67. The number of likely N-dealkylation sites (N-methyl/N-ethyl adjacent to an activating group) is 1. The largest absolute Gasteiger partial charge is 0.312 e. The Hall–Kier alpha value is -0.0800. The minimum atomic E-state index is 0.647. The van der Waals surface area contributed by atoms with E-state index in [1.807, 2.05) is 0 Å². The molecule has 2 rings (SSSR count). The van der Waals surface area contributed by atoms with Crippen LogP contribution in [-0.2, 0) is 0 Å². The average molecular weight is 266 g/mol. The molecule has 0 saturated heterocycles. The van der Waals surface area contributed by atoms with Gasteiger partial charge in [-0.1, -0.05) is 44.9 Å². The Bertz CT molecular complexity index is 246. The van der Waals surface area contributed by atoms with Gasteiger partial charge in [-0.25, -0.2) is 0 Å². The first kappa shape index (κ1) is 15.3. The number of nitrogens with zero attached hydrogens (tertiary/aromatic N) is 1. The Labute approximate surface area is 120 Å². The fourth-order valence-electron chi connectivity index (χ4n) is 4.04. The van der Waals surface area contributed by atoms with E-state index in [0.29, 0.717) is 6.04 Å². The van der Waals surface area contributed by atoms with Crippen LogP contribution in [0.15, 0.2) is 0 Å². The quantitative estimate of drug-likeness (QED) is 0.817. The Morgan fingerprint density at radius 3 is 2.26 bits per heavy atom. The molecule has 3 unspecified atom stereocenters. The van der Waals surface area contributed by atoms with E-state index in [-0.39, 0.29) is 0 Å². The lowest BCUT2D eigenvalue weighted by molar-refractivity contribution is 0.144. The molecule has 0 amide bonds. The van der Waals surface area contributed by atoms with Gasteiger partial charge in [0.25, 0.3) is 0 Å². The molecule has 0 aromatic carbocycles. The van der Waals surface area contributed by atoms with Crippen LogP contribution < -0.4 is 5.32 Å². The molecule has 1 N–H and O–H groups in total. The molecular weight excluding hydrogens is 232 g/mol. The number of hydrogen-bond acceptors (Lipinski definition) is 2. The minimum Gasteiger partial charge on any atom is -0.312 e. The van der Waals surface area contributed by atoms with Gasteiger partial charge in [0, 0.05) is 18.6 Å². The van der Waals surface area contributed by atoms with E-state index in [1.54, 1.807) is 0 Å². The maximum atomic E-state index is 3.91. The third kappa shape index (κ3) is 4.46. The number of nitrogens with one attached hydrogen (secondary N) is 1. The molecular formula is C17H34N2. The summed E-state index contributed by atoms with van der Waals surface area (Å²) >= 11 is 0. The molecule has 0 radical (unpaired) electrons.